The number of esters is 1. The minimum atomic E-state index is -4.51. The third-order valence-electron chi connectivity index (χ3n) is 4.74. The van der Waals surface area contributed by atoms with Gasteiger partial charge in [0.25, 0.3) is 11.4 Å². The lowest BCUT2D eigenvalue weighted by Gasteiger charge is -2.09. The maximum absolute atomic E-state index is 12.9. The van der Waals surface area contributed by atoms with E-state index >= 15 is 0 Å². The van der Waals surface area contributed by atoms with Gasteiger partial charge in [0.1, 0.15) is 0 Å². The van der Waals surface area contributed by atoms with Crippen molar-refractivity contribution >= 4 is 16.7 Å². The van der Waals surface area contributed by atoms with Crippen LogP contribution in [0.1, 0.15) is 35.3 Å². The first-order valence-electron chi connectivity index (χ1n) is 9.95. The van der Waals surface area contributed by atoms with Gasteiger partial charge in [-0.2, -0.15) is 23.3 Å². The average molecular weight is 458 g/mol. The van der Waals surface area contributed by atoms with Crippen molar-refractivity contribution in [1.29, 1.82) is 0 Å². The Morgan fingerprint density at radius 3 is 2.61 bits per heavy atom. The highest BCUT2D eigenvalue weighted by Crippen LogP contribution is 2.31. The Kier molecular flexibility index (Phi) is 5.95. The second kappa shape index (κ2) is 8.85. The molecule has 170 valence electrons. The summed E-state index contributed by atoms with van der Waals surface area (Å²) in [4.78, 5) is 29.3. The predicted octanol–water partition coefficient (Wildman–Crippen LogP) is 4.23. The summed E-state index contributed by atoms with van der Waals surface area (Å²) < 4.78 is 50.2. The number of halogens is 3. The van der Waals surface area contributed by atoms with Crippen molar-refractivity contribution in [3.05, 3.63) is 76.0 Å². The van der Waals surface area contributed by atoms with E-state index in [0.717, 1.165) is 12.1 Å². The SMILES string of the molecule is CCCn1nc(C(=O)OCc2nc(-c3cccc(C(F)(F)F)c3)no2)c2ccccc2c1=O. The molecule has 4 aromatic rings. The average Bonchev–Trinajstić information content (AvgIpc) is 3.28. The largest absolute Gasteiger partial charge is 0.451 e. The number of fused-ring (bicyclic) bond motifs is 1. The van der Waals surface area contributed by atoms with Crippen LogP contribution in [0.5, 0.6) is 0 Å². The van der Waals surface area contributed by atoms with Crippen molar-refractivity contribution in [2.24, 2.45) is 0 Å². The topological polar surface area (TPSA) is 100 Å². The fourth-order valence-electron chi connectivity index (χ4n) is 3.21. The molecule has 0 saturated carbocycles. The summed E-state index contributed by atoms with van der Waals surface area (Å²) in [6.07, 6.45) is -3.87. The molecule has 0 bridgehead atoms. The molecule has 0 amide bonds. The Labute approximate surface area is 184 Å². The van der Waals surface area contributed by atoms with Crippen LogP contribution in [0.2, 0.25) is 0 Å². The molecular formula is C22H17F3N4O4. The summed E-state index contributed by atoms with van der Waals surface area (Å²) in [7, 11) is 0. The highest BCUT2D eigenvalue weighted by molar-refractivity contribution is 6.02. The Balaban J connectivity index is 1.55. The third kappa shape index (κ3) is 4.61. The molecular weight excluding hydrogens is 441 g/mol. The highest BCUT2D eigenvalue weighted by Gasteiger charge is 2.30. The minimum Gasteiger partial charge on any atom is -0.451 e. The summed E-state index contributed by atoms with van der Waals surface area (Å²) in [5.74, 6) is -0.996. The summed E-state index contributed by atoms with van der Waals surface area (Å²) >= 11 is 0. The van der Waals surface area contributed by atoms with E-state index in [1.807, 2.05) is 6.92 Å². The van der Waals surface area contributed by atoms with Gasteiger partial charge >= 0.3 is 12.1 Å². The zero-order valence-electron chi connectivity index (χ0n) is 17.3. The standard InChI is InChI=1S/C22H17F3N4O4/c1-2-10-29-20(30)16-9-4-3-8-15(16)18(27-29)21(31)32-12-17-26-19(28-33-17)13-6-5-7-14(11-13)22(23,24)25/h3-9,11H,2,10,12H2,1H3. The predicted molar refractivity (Wildman–Crippen MR) is 110 cm³/mol. The van der Waals surface area contributed by atoms with Crippen LogP contribution in [-0.4, -0.2) is 25.9 Å². The van der Waals surface area contributed by atoms with Gasteiger partial charge < -0.3 is 9.26 Å². The number of carbonyl (C=O) groups excluding carboxylic acids is 1. The lowest BCUT2D eigenvalue weighted by Crippen LogP contribution is -2.26. The minimum absolute atomic E-state index is 0.0451. The summed E-state index contributed by atoms with van der Waals surface area (Å²) in [6.45, 7) is 1.78. The quantitative estimate of drug-likeness (QED) is 0.399. The van der Waals surface area contributed by atoms with Crippen LogP contribution in [0.3, 0.4) is 0 Å². The molecule has 0 unspecified atom stereocenters. The first-order chi connectivity index (χ1) is 15.8. The Hall–Kier alpha value is -4.02. The number of nitrogens with zero attached hydrogens (tertiary/aromatic N) is 4. The van der Waals surface area contributed by atoms with Crippen LogP contribution >= 0.6 is 0 Å². The number of benzene rings is 2. The number of aromatic nitrogens is 4. The molecule has 2 aromatic carbocycles. The van der Waals surface area contributed by atoms with Crippen molar-refractivity contribution < 1.29 is 27.2 Å². The molecule has 0 aliphatic rings. The molecule has 11 heteroatoms. The molecule has 4 rings (SSSR count). The maximum Gasteiger partial charge on any atom is 0.416 e. The van der Waals surface area contributed by atoms with E-state index in [1.54, 1.807) is 24.3 Å². The van der Waals surface area contributed by atoms with Crippen LogP contribution in [-0.2, 0) is 24.1 Å². The first-order valence-corrected chi connectivity index (χ1v) is 9.95. The second-order valence-corrected chi connectivity index (χ2v) is 7.09. The van der Waals surface area contributed by atoms with E-state index in [2.05, 4.69) is 15.2 Å². The molecule has 8 nitrogen and oxygen atoms in total. The van der Waals surface area contributed by atoms with Crippen LogP contribution in [0.4, 0.5) is 13.2 Å². The molecule has 2 aromatic heterocycles. The molecule has 0 spiro atoms. The van der Waals surface area contributed by atoms with Crippen molar-refractivity contribution in [3.63, 3.8) is 0 Å². The van der Waals surface area contributed by atoms with Crippen molar-refractivity contribution in [2.45, 2.75) is 32.7 Å². The van der Waals surface area contributed by atoms with Crippen molar-refractivity contribution in [1.82, 2.24) is 19.9 Å². The summed E-state index contributed by atoms with van der Waals surface area (Å²) in [6, 6.07) is 11.0. The number of hydrogen-bond acceptors (Lipinski definition) is 7. The first kappa shape index (κ1) is 22.2. The fourth-order valence-corrected chi connectivity index (χ4v) is 3.21. The Morgan fingerprint density at radius 1 is 1.12 bits per heavy atom. The van der Waals surface area contributed by atoms with Crippen LogP contribution in [0, 0.1) is 0 Å². The lowest BCUT2D eigenvalue weighted by molar-refractivity contribution is -0.137. The van der Waals surface area contributed by atoms with Crippen LogP contribution in [0.15, 0.2) is 57.8 Å². The van der Waals surface area contributed by atoms with E-state index in [1.165, 1.54) is 16.8 Å². The van der Waals surface area contributed by atoms with E-state index in [9.17, 15) is 22.8 Å². The van der Waals surface area contributed by atoms with Gasteiger partial charge in [-0.15, -0.1) is 0 Å². The number of ether oxygens (including phenoxy) is 1. The highest BCUT2D eigenvalue weighted by atomic mass is 19.4. The molecule has 33 heavy (non-hydrogen) atoms. The van der Waals surface area contributed by atoms with E-state index < -0.39 is 24.3 Å². The number of carbonyl (C=O) groups is 1. The molecule has 0 aliphatic heterocycles. The molecule has 0 radical (unpaired) electrons. The van der Waals surface area contributed by atoms with E-state index in [-0.39, 0.29) is 28.5 Å². The Morgan fingerprint density at radius 2 is 1.88 bits per heavy atom. The van der Waals surface area contributed by atoms with Crippen LogP contribution < -0.4 is 5.56 Å². The van der Waals surface area contributed by atoms with Gasteiger partial charge in [0, 0.05) is 17.5 Å². The molecule has 0 saturated heterocycles. The van der Waals surface area contributed by atoms with Gasteiger partial charge in [-0.05, 0) is 24.6 Å². The Bertz CT molecular complexity index is 1380. The van der Waals surface area contributed by atoms with E-state index in [0.29, 0.717) is 23.7 Å². The number of hydrogen-bond donors (Lipinski definition) is 0. The van der Waals surface area contributed by atoms with Crippen molar-refractivity contribution in [3.8, 4) is 11.4 Å². The molecule has 0 aliphatic carbocycles. The van der Waals surface area contributed by atoms with Gasteiger partial charge in [-0.1, -0.05) is 42.4 Å². The number of aryl methyl sites for hydroxylation is 1. The zero-order chi connectivity index (χ0) is 23.6. The van der Waals surface area contributed by atoms with Gasteiger partial charge in [-0.3, -0.25) is 4.79 Å². The molecule has 0 N–H and O–H groups in total. The molecule has 2 heterocycles. The molecule has 0 fully saturated rings. The normalized spacial score (nSPS) is 11.6. The van der Waals surface area contributed by atoms with Crippen LogP contribution in [0.25, 0.3) is 22.2 Å². The molecule has 0 atom stereocenters. The zero-order valence-corrected chi connectivity index (χ0v) is 17.3. The van der Waals surface area contributed by atoms with Gasteiger partial charge in [0.15, 0.2) is 12.3 Å². The van der Waals surface area contributed by atoms with Gasteiger partial charge in [0.05, 0.1) is 10.9 Å². The monoisotopic (exact) mass is 458 g/mol. The van der Waals surface area contributed by atoms with Crippen molar-refractivity contribution in [2.75, 3.05) is 0 Å². The number of alkyl halides is 3. The summed E-state index contributed by atoms with van der Waals surface area (Å²) in [5, 5.41) is 8.47. The maximum atomic E-state index is 12.9. The lowest BCUT2D eigenvalue weighted by atomic mass is 10.1. The van der Waals surface area contributed by atoms with Gasteiger partial charge in [-0.25, -0.2) is 9.48 Å². The van der Waals surface area contributed by atoms with Gasteiger partial charge in [0.2, 0.25) is 5.82 Å². The third-order valence-corrected chi connectivity index (χ3v) is 4.74. The number of rotatable bonds is 6. The smallest absolute Gasteiger partial charge is 0.416 e. The fraction of sp³-hybridized carbons (Fsp3) is 0.227. The van der Waals surface area contributed by atoms with E-state index in [4.69, 9.17) is 9.26 Å². The second-order valence-electron chi connectivity index (χ2n) is 7.09. The summed E-state index contributed by atoms with van der Waals surface area (Å²) in [5.41, 5.74) is -1.11.